The van der Waals surface area contributed by atoms with Gasteiger partial charge in [0.05, 0.1) is 22.1 Å². The van der Waals surface area contributed by atoms with Crippen LogP contribution in [0.25, 0.3) is 11.0 Å². The zero-order chi connectivity index (χ0) is 12.4. The van der Waals surface area contributed by atoms with Gasteiger partial charge in [0.2, 0.25) is 0 Å². The van der Waals surface area contributed by atoms with Gasteiger partial charge in [-0.25, -0.2) is 4.98 Å². The highest BCUT2D eigenvalue weighted by atomic mass is 35.5. The fourth-order valence-electron chi connectivity index (χ4n) is 2.03. The van der Waals surface area contributed by atoms with E-state index >= 15 is 0 Å². The molecule has 0 aliphatic carbocycles. The van der Waals surface area contributed by atoms with Crippen LogP contribution in [-0.4, -0.2) is 21.3 Å². The normalized spacial score (nSPS) is 13.2. The van der Waals surface area contributed by atoms with E-state index in [1.54, 1.807) is 0 Å². The number of fused-ring (bicyclic) bond motifs is 1. The third-order valence-electron chi connectivity index (χ3n) is 2.83. The van der Waals surface area contributed by atoms with Gasteiger partial charge in [-0.2, -0.15) is 0 Å². The summed E-state index contributed by atoms with van der Waals surface area (Å²) < 4.78 is 2.01. The molecule has 5 heteroatoms. The number of aliphatic hydroxyl groups excluding tert-OH is 1. The van der Waals surface area contributed by atoms with E-state index in [-0.39, 0.29) is 12.6 Å². The number of hydrogen-bond acceptors (Lipinski definition) is 3. The van der Waals surface area contributed by atoms with Crippen LogP contribution in [0.4, 0.5) is 0 Å². The minimum atomic E-state index is -0.261. The molecule has 0 saturated carbocycles. The highest BCUT2D eigenvalue weighted by molar-refractivity contribution is 6.35. The summed E-state index contributed by atoms with van der Waals surface area (Å²) in [7, 11) is 0. The van der Waals surface area contributed by atoms with Gasteiger partial charge in [-0.05, 0) is 25.5 Å². The molecule has 0 spiro atoms. The first-order valence-electron chi connectivity index (χ1n) is 5.70. The fourth-order valence-corrected chi connectivity index (χ4v) is 2.30. The molecule has 1 aromatic carbocycles. The highest BCUT2D eigenvalue weighted by Gasteiger charge is 2.17. The van der Waals surface area contributed by atoms with Crippen molar-refractivity contribution in [2.24, 2.45) is 5.73 Å². The summed E-state index contributed by atoms with van der Waals surface area (Å²) in [5.74, 6) is 0.782. The van der Waals surface area contributed by atoms with Crippen LogP contribution < -0.4 is 5.73 Å². The zero-order valence-corrected chi connectivity index (χ0v) is 10.5. The lowest BCUT2D eigenvalue weighted by molar-refractivity contribution is 0.273. The van der Waals surface area contributed by atoms with Crippen molar-refractivity contribution in [1.82, 2.24) is 9.55 Å². The average molecular weight is 254 g/mol. The standard InChI is InChI=1S/C12H16ClN3O/c1-2-16-11-8(13)4-3-5-10(11)15-12(16)9(14)6-7-17/h3-5,9,17H,2,6-7,14H2,1H3. The molecule has 1 atom stereocenters. The van der Waals surface area contributed by atoms with Gasteiger partial charge in [0.15, 0.2) is 0 Å². The number of aliphatic hydroxyl groups is 1. The molecule has 3 N–H and O–H groups in total. The van der Waals surface area contributed by atoms with Gasteiger partial charge in [-0.3, -0.25) is 0 Å². The van der Waals surface area contributed by atoms with Crippen molar-refractivity contribution in [1.29, 1.82) is 0 Å². The second-order valence-corrected chi connectivity index (χ2v) is 4.35. The van der Waals surface area contributed by atoms with E-state index in [0.717, 1.165) is 23.4 Å². The van der Waals surface area contributed by atoms with Gasteiger partial charge >= 0.3 is 0 Å². The molecule has 0 fully saturated rings. The molecule has 2 rings (SSSR count). The summed E-state index contributed by atoms with van der Waals surface area (Å²) >= 11 is 6.19. The van der Waals surface area contributed by atoms with Gasteiger partial charge in [-0.1, -0.05) is 17.7 Å². The summed E-state index contributed by atoms with van der Waals surface area (Å²) in [6.45, 7) is 2.84. The highest BCUT2D eigenvalue weighted by Crippen LogP contribution is 2.27. The molecule has 0 saturated heterocycles. The van der Waals surface area contributed by atoms with Gasteiger partial charge in [-0.15, -0.1) is 0 Å². The first-order valence-corrected chi connectivity index (χ1v) is 6.08. The topological polar surface area (TPSA) is 64.1 Å². The van der Waals surface area contributed by atoms with E-state index in [9.17, 15) is 0 Å². The number of nitrogens with zero attached hydrogens (tertiary/aromatic N) is 2. The largest absolute Gasteiger partial charge is 0.396 e. The molecule has 0 bridgehead atoms. The molecule has 2 aromatic rings. The second kappa shape index (κ2) is 5.04. The minimum absolute atomic E-state index is 0.0574. The molecule has 1 aromatic heterocycles. The van der Waals surface area contributed by atoms with Gasteiger partial charge in [0, 0.05) is 13.2 Å². The van der Waals surface area contributed by atoms with E-state index < -0.39 is 0 Å². The van der Waals surface area contributed by atoms with E-state index in [1.165, 1.54) is 0 Å². The number of nitrogens with two attached hydrogens (primary N) is 1. The van der Waals surface area contributed by atoms with E-state index in [2.05, 4.69) is 4.98 Å². The maximum absolute atomic E-state index is 8.95. The Balaban J connectivity index is 2.60. The lowest BCUT2D eigenvalue weighted by Crippen LogP contribution is -2.17. The van der Waals surface area contributed by atoms with Crippen LogP contribution in [-0.2, 0) is 6.54 Å². The summed E-state index contributed by atoms with van der Waals surface area (Å²) in [5, 5.41) is 9.63. The summed E-state index contributed by atoms with van der Waals surface area (Å²) in [4.78, 5) is 4.51. The Kier molecular flexibility index (Phi) is 3.66. The lowest BCUT2D eigenvalue weighted by Gasteiger charge is -2.12. The summed E-state index contributed by atoms with van der Waals surface area (Å²) in [6, 6.07) is 5.38. The first kappa shape index (κ1) is 12.4. The number of halogens is 1. The van der Waals surface area contributed by atoms with Crippen molar-refractivity contribution in [3.05, 3.63) is 29.0 Å². The Morgan fingerprint density at radius 2 is 2.29 bits per heavy atom. The smallest absolute Gasteiger partial charge is 0.126 e. The average Bonchev–Trinajstić information content (AvgIpc) is 2.69. The Hall–Kier alpha value is -1.10. The number of aryl methyl sites for hydroxylation is 1. The third-order valence-corrected chi connectivity index (χ3v) is 3.14. The molecular formula is C12H16ClN3O. The number of aromatic nitrogens is 2. The fraction of sp³-hybridized carbons (Fsp3) is 0.417. The molecule has 0 aliphatic heterocycles. The Labute approximate surface area is 105 Å². The van der Waals surface area contributed by atoms with Crippen LogP contribution in [0.1, 0.15) is 25.2 Å². The molecule has 0 amide bonds. The quantitative estimate of drug-likeness (QED) is 0.877. The van der Waals surface area contributed by atoms with Crippen LogP contribution in [0.5, 0.6) is 0 Å². The molecule has 17 heavy (non-hydrogen) atoms. The summed E-state index contributed by atoms with van der Waals surface area (Å²) in [5.41, 5.74) is 7.78. The monoisotopic (exact) mass is 253 g/mol. The van der Waals surface area contributed by atoms with Crippen molar-refractivity contribution in [3.63, 3.8) is 0 Å². The van der Waals surface area contributed by atoms with Gasteiger partial charge in [0.25, 0.3) is 0 Å². The number of rotatable bonds is 4. The molecule has 4 nitrogen and oxygen atoms in total. The van der Waals surface area contributed by atoms with Crippen molar-refractivity contribution >= 4 is 22.6 Å². The number of benzene rings is 1. The van der Waals surface area contributed by atoms with Crippen LogP contribution >= 0.6 is 11.6 Å². The van der Waals surface area contributed by atoms with Crippen LogP contribution in [0.2, 0.25) is 5.02 Å². The maximum atomic E-state index is 8.95. The summed E-state index contributed by atoms with van der Waals surface area (Å²) in [6.07, 6.45) is 0.501. The second-order valence-electron chi connectivity index (χ2n) is 3.94. The van der Waals surface area contributed by atoms with Crippen LogP contribution in [0, 0.1) is 0 Å². The van der Waals surface area contributed by atoms with Crippen LogP contribution in [0.15, 0.2) is 18.2 Å². The molecule has 92 valence electrons. The number of hydrogen-bond donors (Lipinski definition) is 2. The predicted molar refractivity (Wildman–Crippen MR) is 69.0 cm³/mol. The van der Waals surface area contributed by atoms with Crippen molar-refractivity contribution in [2.75, 3.05) is 6.61 Å². The maximum Gasteiger partial charge on any atom is 0.126 e. The zero-order valence-electron chi connectivity index (χ0n) is 9.73. The van der Waals surface area contributed by atoms with Crippen molar-refractivity contribution in [2.45, 2.75) is 25.9 Å². The third kappa shape index (κ3) is 2.16. The molecule has 0 radical (unpaired) electrons. The molecule has 1 heterocycles. The molecule has 1 unspecified atom stereocenters. The van der Waals surface area contributed by atoms with Gasteiger partial charge < -0.3 is 15.4 Å². The van der Waals surface area contributed by atoms with Crippen LogP contribution in [0.3, 0.4) is 0 Å². The lowest BCUT2D eigenvalue weighted by atomic mass is 10.2. The Bertz CT molecular complexity index is 524. The SMILES string of the molecule is CCn1c(C(N)CCO)nc2cccc(Cl)c21. The Morgan fingerprint density at radius 3 is 2.94 bits per heavy atom. The minimum Gasteiger partial charge on any atom is -0.396 e. The van der Waals surface area contributed by atoms with E-state index in [0.29, 0.717) is 11.4 Å². The number of imidazole rings is 1. The molecular weight excluding hydrogens is 238 g/mol. The van der Waals surface area contributed by atoms with E-state index in [4.69, 9.17) is 22.4 Å². The predicted octanol–water partition coefficient (Wildman–Crippen LogP) is 2.09. The van der Waals surface area contributed by atoms with E-state index in [1.807, 2.05) is 29.7 Å². The Morgan fingerprint density at radius 1 is 1.53 bits per heavy atom. The number of para-hydroxylation sites is 1. The van der Waals surface area contributed by atoms with Crippen molar-refractivity contribution < 1.29 is 5.11 Å². The van der Waals surface area contributed by atoms with Gasteiger partial charge in [0.1, 0.15) is 5.82 Å². The first-order chi connectivity index (χ1) is 8.19. The van der Waals surface area contributed by atoms with Crippen molar-refractivity contribution in [3.8, 4) is 0 Å². The molecule has 0 aliphatic rings.